The van der Waals surface area contributed by atoms with Gasteiger partial charge in [0.05, 0.1) is 0 Å². The molecule has 0 aromatic heterocycles. The van der Waals surface area contributed by atoms with E-state index >= 15 is 0 Å². The Labute approximate surface area is 89.4 Å². The van der Waals surface area contributed by atoms with Crippen molar-refractivity contribution >= 4 is 45.6 Å². The van der Waals surface area contributed by atoms with Gasteiger partial charge in [-0.15, -0.1) is 4.20 Å². The van der Waals surface area contributed by atoms with E-state index in [1.165, 1.54) is 0 Å². The summed E-state index contributed by atoms with van der Waals surface area (Å²) in [5, 5.41) is 0. The summed E-state index contributed by atoms with van der Waals surface area (Å²) in [5.41, 5.74) is 0. The van der Waals surface area contributed by atoms with Gasteiger partial charge < -0.3 is 0 Å². The normalized spacial score (nSPS) is 16.8. The van der Waals surface area contributed by atoms with Crippen molar-refractivity contribution in [3.63, 3.8) is 0 Å². The molecular formula is C2H5CaF4O3P. The van der Waals surface area contributed by atoms with Gasteiger partial charge in [0.15, 0.2) is 6.61 Å². The molecule has 0 saturated heterocycles. The number of halogens is 4. The molecule has 66 valence electrons. The van der Waals surface area contributed by atoms with E-state index in [1.807, 2.05) is 0 Å². The summed E-state index contributed by atoms with van der Waals surface area (Å²) in [4.78, 5) is 7.55. The average molecular weight is 224 g/mol. The van der Waals surface area contributed by atoms with E-state index in [2.05, 4.69) is 4.52 Å². The minimum atomic E-state index is -5.48. The Morgan fingerprint density at radius 2 is 1.82 bits per heavy atom. The molecule has 0 aliphatic heterocycles. The van der Waals surface area contributed by atoms with E-state index in [4.69, 9.17) is 4.89 Å². The first-order valence-electron chi connectivity index (χ1n) is 1.94. The molecule has 0 bridgehead atoms. The van der Waals surface area contributed by atoms with Crippen LogP contribution in [0.1, 0.15) is 0 Å². The topological polar surface area (TPSA) is 46.5 Å². The molecule has 1 N–H and O–H groups in total. The van der Waals surface area contributed by atoms with Crippen molar-refractivity contribution in [2.45, 2.75) is 6.18 Å². The van der Waals surface area contributed by atoms with Gasteiger partial charge in [-0.25, -0.2) is 4.57 Å². The van der Waals surface area contributed by atoms with Crippen molar-refractivity contribution in [3.8, 4) is 0 Å². The van der Waals surface area contributed by atoms with Gasteiger partial charge in [-0.1, -0.05) is 0 Å². The SMILES string of the molecule is O=P(O)(F)OCC(F)(F)F.[CaH2]. The van der Waals surface area contributed by atoms with Crippen LogP contribution in [0, 0.1) is 0 Å². The molecular weight excluding hydrogens is 219 g/mol. The molecule has 0 fully saturated rings. The van der Waals surface area contributed by atoms with Crippen LogP contribution >= 0.6 is 7.91 Å². The summed E-state index contributed by atoms with van der Waals surface area (Å²) in [7, 11) is -5.48. The summed E-state index contributed by atoms with van der Waals surface area (Å²) in [6.45, 7) is -2.06. The standard InChI is InChI=1S/C2H3F4O3P.Ca.2H/c3-2(4,5)1-9-10(6,7)8;;;/h1H2,(H,7,8);;;. The van der Waals surface area contributed by atoms with Crippen LogP contribution in [0.5, 0.6) is 0 Å². The second-order valence-electron chi connectivity index (χ2n) is 1.34. The molecule has 9 heteroatoms. The Morgan fingerprint density at radius 3 is 1.91 bits per heavy atom. The number of rotatable bonds is 2. The molecule has 0 aliphatic rings. The Morgan fingerprint density at radius 1 is 1.45 bits per heavy atom. The van der Waals surface area contributed by atoms with Gasteiger partial charge in [0.25, 0.3) is 0 Å². The summed E-state index contributed by atoms with van der Waals surface area (Å²) < 4.78 is 56.8. The van der Waals surface area contributed by atoms with Gasteiger partial charge in [-0.3, -0.25) is 9.42 Å². The Balaban J connectivity index is 0. The summed E-state index contributed by atoms with van der Waals surface area (Å²) in [5.74, 6) is 0. The fourth-order valence-electron chi connectivity index (χ4n) is 0.153. The van der Waals surface area contributed by atoms with Gasteiger partial charge in [-0.05, 0) is 0 Å². The molecule has 1 unspecified atom stereocenters. The van der Waals surface area contributed by atoms with E-state index in [-0.39, 0.29) is 37.7 Å². The first-order chi connectivity index (χ1) is 4.21. The Kier molecular flexibility index (Phi) is 6.64. The van der Waals surface area contributed by atoms with E-state index in [0.29, 0.717) is 0 Å². The fraction of sp³-hybridized carbons (Fsp3) is 1.00. The third-order valence-corrected chi connectivity index (χ3v) is 0.835. The van der Waals surface area contributed by atoms with Crippen LogP contribution in [-0.4, -0.2) is 55.4 Å². The zero-order valence-corrected chi connectivity index (χ0v) is 5.32. The third kappa shape index (κ3) is 14.0. The molecule has 0 amide bonds. The molecule has 0 heterocycles. The summed E-state index contributed by atoms with van der Waals surface area (Å²) in [6.07, 6.45) is -4.79. The van der Waals surface area contributed by atoms with Crippen LogP contribution in [-0.2, 0) is 9.09 Å². The Hall–Kier alpha value is 1.13. The second-order valence-corrected chi connectivity index (χ2v) is 2.50. The molecule has 0 aromatic carbocycles. The van der Waals surface area contributed by atoms with Crippen LogP contribution < -0.4 is 0 Å². The van der Waals surface area contributed by atoms with Crippen LogP contribution in [0.2, 0.25) is 0 Å². The molecule has 0 spiro atoms. The van der Waals surface area contributed by atoms with E-state index in [9.17, 15) is 21.9 Å². The molecule has 0 rings (SSSR count). The van der Waals surface area contributed by atoms with Crippen molar-refractivity contribution < 1.29 is 31.4 Å². The first kappa shape index (κ1) is 14.6. The Bertz CT molecular complexity index is 152. The molecule has 0 aromatic rings. The van der Waals surface area contributed by atoms with Gasteiger partial charge in [0.1, 0.15) is 0 Å². The van der Waals surface area contributed by atoms with Gasteiger partial charge in [-0.2, -0.15) is 13.2 Å². The molecule has 0 saturated carbocycles. The maximum atomic E-state index is 11.3. The molecule has 3 nitrogen and oxygen atoms in total. The minimum absolute atomic E-state index is 0. The van der Waals surface area contributed by atoms with Crippen molar-refractivity contribution in [2.75, 3.05) is 6.61 Å². The summed E-state index contributed by atoms with van der Waals surface area (Å²) >= 11 is 0. The van der Waals surface area contributed by atoms with Gasteiger partial charge in [0.2, 0.25) is 0 Å². The van der Waals surface area contributed by atoms with E-state index < -0.39 is 20.7 Å². The average Bonchev–Trinajstić information content (AvgIpc) is 1.57. The number of alkyl halides is 3. The van der Waals surface area contributed by atoms with E-state index in [0.717, 1.165) is 0 Å². The van der Waals surface area contributed by atoms with Crippen molar-refractivity contribution in [1.29, 1.82) is 0 Å². The van der Waals surface area contributed by atoms with Crippen molar-refractivity contribution in [2.24, 2.45) is 0 Å². The zero-order valence-electron chi connectivity index (χ0n) is 4.43. The van der Waals surface area contributed by atoms with Gasteiger partial charge in [0, 0.05) is 0 Å². The van der Waals surface area contributed by atoms with Crippen molar-refractivity contribution in [1.82, 2.24) is 0 Å². The van der Waals surface area contributed by atoms with Crippen LogP contribution in [0.4, 0.5) is 17.4 Å². The van der Waals surface area contributed by atoms with Gasteiger partial charge >= 0.3 is 51.8 Å². The predicted octanol–water partition coefficient (Wildman–Crippen LogP) is 0.719. The van der Waals surface area contributed by atoms with Crippen LogP contribution in [0.3, 0.4) is 0 Å². The summed E-state index contributed by atoms with van der Waals surface area (Å²) in [6, 6.07) is 0. The fourth-order valence-corrected chi connectivity index (χ4v) is 0.458. The quantitative estimate of drug-likeness (QED) is 0.427. The maximum absolute atomic E-state index is 11.3. The third-order valence-electron chi connectivity index (χ3n) is 0.387. The molecule has 1 atom stereocenters. The number of hydrogen-bond donors (Lipinski definition) is 1. The van der Waals surface area contributed by atoms with Crippen LogP contribution in [0.15, 0.2) is 0 Å². The predicted molar refractivity (Wildman–Crippen MR) is 31.5 cm³/mol. The van der Waals surface area contributed by atoms with E-state index in [1.54, 1.807) is 0 Å². The van der Waals surface area contributed by atoms with Crippen LogP contribution in [0.25, 0.3) is 0 Å². The molecule has 0 aliphatic carbocycles. The second kappa shape index (κ2) is 4.99. The number of hydrogen-bond acceptors (Lipinski definition) is 2. The monoisotopic (exact) mass is 224 g/mol. The molecule has 0 radical (unpaired) electrons. The molecule has 11 heavy (non-hydrogen) atoms. The first-order valence-corrected chi connectivity index (χ1v) is 3.41. The van der Waals surface area contributed by atoms with Crippen molar-refractivity contribution in [3.05, 3.63) is 0 Å². The zero-order chi connectivity index (χ0) is 8.41.